The number of hydrogen-bond acceptors (Lipinski definition) is 6. The van der Waals surface area contributed by atoms with E-state index in [9.17, 15) is 18.8 Å². The lowest BCUT2D eigenvalue weighted by atomic mass is 9.90. The molecule has 1 amide bonds. The second-order valence-corrected chi connectivity index (χ2v) is 7.95. The summed E-state index contributed by atoms with van der Waals surface area (Å²) in [5, 5.41) is 0. The van der Waals surface area contributed by atoms with Gasteiger partial charge in [0.05, 0.1) is 24.8 Å². The molecule has 31 heavy (non-hydrogen) atoms. The van der Waals surface area contributed by atoms with E-state index >= 15 is 0 Å². The van der Waals surface area contributed by atoms with Crippen LogP contribution in [0.25, 0.3) is 0 Å². The van der Waals surface area contributed by atoms with E-state index in [1.54, 1.807) is 19.2 Å². The van der Waals surface area contributed by atoms with E-state index in [2.05, 4.69) is 0 Å². The average Bonchev–Trinajstić information content (AvgIpc) is 3.10. The Balaban J connectivity index is 1.89. The van der Waals surface area contributed by atoms with Crippen LogP contribution in [0.15, 0.2) is 53.3 Å². The van der Waals surface area contributed by atoms with Gasteiger partial charge in [-0.15, -0.1) is 0 Å². The molecule has 4 rings (SSSR count). The van der Waals surface area contributed by atoms with Gasteiger partial charge in [-0.25, -0.2) is 4.39 Å². The quantitative estimate of drug-likeness (QED) is 0.566. The Morgan fingerprint density at radius 1 is 1.10 bits per heavy atom. The van der Waals surface area contributed by atoms with Crippen molar-refractivity contribution in [3.05, 3.63) is 74.5 Å². The first-order chi connectivity index (χ1) is 14.9. The van der Waals surface area contributed by atoms with E-state index in [0.29, 0.717) is 22.1 Å². The largest absolute Gasteiger partial charge is 0.497 e. The van der Waals surface area contributed by atoms with Gasteiger partial charge in [0.25, 0.3) is 0 Å². The third kappa shape index (κ3) is 3.84. The van der Waals surface area contributed by atoms with E-state index in [0.717, 1.165) is 16.9 Å². The van der Waals surface area contributed by atoms with Crippen LogP contribution in [-0.4, -0.2) is 30.7 Å². The topological polar surface area (TPSA) is 77.8 Å². The summed E-state index contributed by atoms with van der Waals surface area (Å²) < 4.78 is 24.6. The molecular weight excluding hydrogens is 423 g/mol. The normalized spacial score (nSPS) is 15.5. The van der Waals surface area contributed by atoms with Crippen LogP contribution in [-0.2, 0) is 20.9 Å². The molecule has 0 radical (unpaired) electrons. The molecule has 3 aromatic rings. The minimum atomic E-state index is -0.610. The Hall–Kier alpha value is -3.46. The van der Waals surface area contributed by atoms with Gasteiger partial charge in [-0.1, -0.05) is 23.5 Å². The van der Waals surface area contributed by atoms with Crippen molar-refractivity contribution in [2.24, 2.45) is 0 Å². The third-order valence-corrected chi connectivity index (χ3v) is 6.25. The number of thiazole rings is 1. The molecule has 0 fully saturated rings. The lowest BCUT2D eigenvalue weighted by Gasteiger charge is -2.32. The number of benzene rings is 2. The molecule has 2 aromatic carbocycles. The molecule has 1 aliphatic heterocycles. The fourth-order valence-electron chi connectivity index (χ4n) is 3.64. The molecule has 1 aromatic heterocycles. The third-order valence-electron chi connectivity index (χ3n) is 5.17. The second kappa shape index (κ2) is 8.35. The highest BCUT2D eigenvalue weighted by molar-refractivity contribution is 7.10. The summed E-state index contributed by atoms with van der Waals surface area (Å²) >= 11 is 0.986. The Kier molecular flexibility index (Phi) is 5.60. The molecule has 0 saturated heterocycles. The summed E-state index contributed by atoms with van der Waals surface area (Å²) in [5.74, 6) is -0.694. The van der Waals surface area contributed by atoms with Gasteiger partial charge >= 0.3 is 10.8 Å². The lowest BCUT2D eigenvalue weighted by Crippen LogP contribution is -2.36. The fourth-order valence-corrected chi connectivity index (χ4v) is 4.75. The molecule has 0 saturated carbocycles. The highest BCUT2D eigenvalue weighted by Gasteiger charge is 2.38. The van der Waals surface area contributed by atoms with Crippen LogP contribution in [0.1, 0.15) is 22.8 Å². The summed E-state index contributed by atoms with van der Waals surface area (Å²) in [5.41, 5.74) is 1.26. The molecule has 0 aliphatic carbocycles. The van der Waals surface area contributed by atoms with Crippen molar-refractivity contribution in [1.29, 1.82) is 0 Å². The average molecular weight is 442 g/mol. The van der Waals surface area contributed by atoms with Crippen molar-refractivity contribution in [2.45, 2.75) is 18.9 Å². The number of carbonyl (C=O) groups is 2. The van der Waals surface area contributed by atoms with E-state index < -0.39 is 11.8 Å². The summed E-state index contributed by atoms with van der Waals surface area (Å²) in [6, 6.07) is 12.7. The predicted octanol–water partition coefficient (Wildman–Crippen LogP) is 3.43. The van der Waals surface area contributed by atoms with Gasteiger partial charge in [0, 0.05) is 12.3 Å². The van der Waals surface area contributed by atoms with E-state index in [-0.39, 0.29) is 29.7 Å². The first-order valence-electron chi connectivity index (χ1n) is 9.45. The van der Waals surface area contributed by atoms with E-state index in [1.807, 2.05) is 12.1 Å². The molecule has 1 aliphatic rings. The minimum absolute atomic E-state index is 0.120. The molecular formula is C22H19FN2O5S. The summed E-state index contributed by atoms with van der Waals surface area (Å²) in [6.45, 7) is -0.332. The van der Waals surface area contributed by atoms with Gasteiger partial charge in [0.1, 0.15) is 23.9 Å². The Morgan fingerprint density at radius 3 is 2.39 bits per heavy atom. The molecule has 9 heteroatoms. The Labute approximate surface area is 181 Å². The zero-order chi connectivity index (χ0) is 22.1. The maximum Gasteiger partial charge on any atom is 0.325 e. The van der Waals surface area contributed by atoms with Gasteiger partial charge in [-0.05, 0) is 42.0 Å². The number of rotatable bonds is 5. The fraction of sp³-hybridized carbons (Fsp3) is 0.227. The van der Waals surface area contributed by atoms with Gasteiger partial charge in [-0.3, -0.25) is 23.9 Å². The summed E-state index contributed by atoms with van der Waals surface area (Å²) in [7, 11) is 2.80. The van der Waals surface area contributed by atoms with Crippen LogP contribution < -0.4 is 14.5 Å². The number of carbonyl (C=O) groups excluding carboxylic acids is 2. The lowest BCUT2D eigenvalue weighted by molar-refractivity contribution is -0.141. The number of anilines is 2. The highest BCUT2D eigenvalue weighted by Crippen LogP contribution is 2.45. The maximum absolute atomic E-state index is 13.5. The number of hydrogen-bond donors (Lipinski definition) is 0. The van der Waals surface area contributed by atoms with Crippen LogP contribution in [0, 0.1) is 5.82 Å². The number of methoxy groups -OCH3 is 2. The first kappa shape index (κ1) is 20.8. The number of esters is 1. The molecule has 2 heterocycles. The van der Waals surface area contributed by atoms with Crippen LogP contribution in [0.5, 0.6) is 5.75 Å². The standard InChI is InChI=1S/C22H19FN2O5S/c1-29-16-9-3-13(4-10-16)17-11-18(26)25(15-7-5-14(23)6-8-15)21-20(17)31-22(28)24(21)12-19(27)30-2/h3-10,17H,11-12H2,1-2H3/t17-/m1/s1. The number of fused-ring (bicyclic) bond motifs is 1. The minimum Gasteiger partial charge on any atom is -0.497 e. The van der Waals surface area contributed by atoms with Crippen molar-refractivity contribution < 1.29 is 23.5 Å². The van der Waals surface area contributed by atoms with Crippen LogP contribution in [0.3, 0.4) is 0 Å². The smallest absolute Gasteiger partial charge is 0.325 e. The molecule has 1 atom stereocenters. The molecule has 0 spiro atoms. The summed E-state index contributed by atoms with van der Waals surface area (Å²) in [4.78, 5) is 39.7. The Bertz CT molecular complexity index is 1180. The van der Waals surface area contributed by atoms with Gasteiger partial charge < -0.3 is 9.47 Å². The van der Waals surface area contributed by atoms with Gasteiger partial charge in [0.2, 0.25) is 5.91 Å². The number of aromatic nitrogens is 1. The molecule has 0 N–H and O–H groups in total. The molecule has 160 valence electrons. The van der Waals surface area contributed by atoms with Crippen molar-refractivity contribution in [2.75, 3.05) is 19.1 Å². The van der Waals surface area contributed by atoms with E-state index in [1.165, 1.54) is 40.8 Å². The van der Waals surface area contributed by atoms with Crippen molar-refractivity contribution in [3.63, 3.8) is 0 Å². The van der Waals surface area contributed by atoms with Gasteiger partial charge in [-0.2, -0.15) is 0 Å². The highest BCUT2D eigenvalue weighted by atomic mass is 32.1. The zero-order valence-electron chi connectivity index (χ0n) is 16.8. The van der Waals surface area contributed by atoms with Crippen LogP contribution in [0.4, 0.5) is 15.9 Å². The molecule has 0 bridgehead atoms. The van der Waals surface area contributed by atoms with E-state index in [4.69, 9.17) is 9.47 Å². The van der Waals surface area contributed by atoms with Crippen molar-refractivity contribution >= 4 is 34.7 Å². The zero-order valence-corrected chi connectivity index (χ0v) is 17.6. The number of amides is 1. The first-order valence-corrected chi connectivity index (χ1v) is 10.3. The number of halogens is 1. The Morgan fingerprint density at radius 2 is 1.77 bits per heavy atom. The molecule has 0 unspecified atom stereocenters. The van der Waals surface area contributed by atoms with Crippen molar-refractivity contribution in [3.8, 4) is 5.75 Å². The summed E-state index contributed by atoms with van der Waals surface area (Å²) in [6.07, 6.45) is 0.120. The van der Waals surface area contributed by atoms with Crippen LogP contribution in [0.2, 0.25) is 0 Å². The number of nitrogens with zero attached hydrogens (tertiary/aromatic N) is 2. The SMILES string of the molecule is COC(=O)Cn1c2c(sc1=O)[C@@H](c1ccc(OC)cc1)CC(=O)N2c1ccc(F)cc1. The monoisotopic (exact) mass is 442 g/mol. The maximum atomic E-state index is 13.5. The predicted molar refractivity (Wildman–Crippen MR) is 114 cm³/mol. The van der Waals surface area contributed by atoms with Crippen LogP contribution >= 0.6 is 11.3 Å². The van der Waals surface area contributed by atoms with Crippen molar-refractivity contribution in [1.82, 2.24) is 4.57 Å². The van der Waals surface area contributed by atoms with Gasteiger partial charge in [0.15, 0.2) is 0 Å². The molecule has 7 nitrogen and oxygen atoms in total. The second-order valence-electron chi connectivity index (χ2n) is 6.95. The number of ether oxygens (including phenoxy) is 2.